The van der Waals surface area contributed by atoms with Gasteiger partial charge in [-0.1, -0.05) is 0 Å². The van der Waals surface area contributed by atoms with E-state index in [4.69, 9.17) is 4.74 Å². The van der Waals surface area contributed by atoms with Crippen LogP contribution < -0.4 is 0 Å². The predicted molar refractivity (Wildman–Crippen MR) is 51.5 cm³/mol. The Labute approximate surface area is 86.2 Å². The van der Waals surface area contributed by atoms with Gasteiger partial charge < -0.3 is 4.74 Å². The summed E-state index contributed by atoms with van der Waals surface area (Å²) in [7, 11) is 0. The van der Waals surface area contributed by atoms with Gasteiger partial charge >= 0.3 is 0 Å². The van der Waals surface area contributed by atoms with Crippen LogP contribution in [0.5, 0.6) is 0 Å². The van der Waals surface area contributed by atoms with E-state index in [0.29, 0.717) is 12.7 Å². The summed E-state index contributed by atoms with van der Waals surface area (Å²) >= 11 is 0. The summed E-state index contributed by atoms with van der Waals surface area (Å²) in [6, 6.07) is 2.80. The highest BCUT2D eigenvalue weighted by Crippen LogP contribution is 2.10. The molecule has 0 unspecified atom stereocenters. The van der Waals surface area contributed by atoms with Crippen LogP contribution in [0.15, 0.2) is 30.5 Å². The molecule has 0 aliphatic carbocycles. The van der Waals surface area contributed by atoms with Gasteiger partial charge in [-0.3, -0.25) is 4.79 Å². The maximum Gasteiger partial charge on any atom is 0.191 e. The summed E-state index contributed by atoms with van der Waals surface area (Å²) < 4.78 is 30.4. The van der Waals surface area contributed by atoms with Crippen molar-refractivity contribution in [2.45, 2.75) is 6.92 Å². The van der Waals surface area contributed by atoms with E-state index >= 15 is 0 Å². The number of ketones is 1. The van der Waals surface area contributed by atoms with Gasteiger partial charge in [-0.05, 0) is 19.1 Å². The van der Waals surface area contributed by atoms with Crippen LogP contribution in [0.3, 0.4) is 0 Å². The van der Waals surface area contributed by atoms with Crippen molar-refractivity contribution in [3.8, 4) is 0 Å². The van der Waals surface area contributed by atoms with Gasteiger partial charge in [0.15, 0.2) is 5.78 Å². The van der Waals surface area contributed by atoms with Crippen LogP contribution >= 0.6 is 0 Å². The fourth-order valence-electron chi connectivity index (χ4n) is 0.985. The van der Waals surface area contributed by atoms with E-state index in [0.717, 1.165) is 18.2 Å². The van der Waals surface area contributed by atoms with Crippen LogP contribution in [0.1, 0.15) is 17.3 Å². The standard InChI is InChI=1S/C11H10F2O2/c1-2-15-6-5-11(14)9-4-3-8(12)7-10(9)13/h3-7H,2H2,1H3/b6-5+. The summed E-state index contributed by atoms with van der Waals surface area (Å²) in [4.78, 5) is 11.3. The topological polar surface area (TPSA) is 26.3 Å². The number of hydrogen-bond donors (Lipinski definition) is 0. The Hall–Kier alpha value is -1.71. The van der Waals surface area contributed by atoms with E-state index in [1.807, 2.05) is 0 Å². The second-order valence-corrected chi connectivity index (χ2v) is 2.75. The molecule has 0 aromatic heterocycles. The van der Waals surface area contributed by atoms with Crippen molar-refractivity contribution in [3.05, 3.63) is 47.7 Å². The maximum absolute atomic E-state index is 13.1. The molecule has 80 valence electrons. The largest absolute Gasteiger partial charge is 0.501 e. The molecule has 0 aliphatic rings. The Morgan fingerprint density at radius 1 is 1.47 bits per heavy atom. The highest BCUT2D eigenvalue weighted by Gasteiger charge is 2.09. The van der Waals surface area contributed by atoms with E-state index in [1.54, 1.807) is 6.92 Å². The van der Waals surface area contributed by atoms with Crippen molar-refractivity contribution in [1.29, 1.82) is 0 Å². The smallest absolute Gasteiger partial charge is 0.191 e. The average Bonchev–Trinajstić information content (AvgIpc) is 2.17. The van der Waals surface area contributed by atoms with E-state index in [1.165, 1.54) is 6.26 Å². The molecule has 1 aromatic rings. The maximum atomic E-state index is 13.1. The summed E-state index contributed by atoms with van der Waals surface area (Å²) in [5.41, 5.74) is -0.174. The van der Waals surface area contributed by atoms with Crippen molar-refractivity contribution in [2.24, 2.45) is 0 Å². The molecule has 0 atom stereocenters. The zero-order chi connectivity index (χ0) is 11.3. The summed E-state index contributed by atoms with van der Waals surface area (Å²) in [5.74, 6) is -2.14. The summed E-state index contributed by atoms with van der Waals surface area (Å²) in [5, 5.41) is 0. The first-order valence-corrected chi connectivity index (χ1v) is 4.42. The molecule has 0 N–H and O–H groups in total. The number of allylic oxidation sites excluding steroid dienone is 1. The number of carbonyl (C=O) groups excluding carboxylic acids is 1. The zero-order valence-corrected chi connectivity index (χ0v) is 8.17. The number of hydrogen-bond acceptors (Lipinski definition) is 2. The van der Waals surface area contributed by atoms with Gasteiger partial charge in [0.05, 0.1) is 18.4 Å². The first-order chi connectivity index (χ1) is 7.15. The Morgan fingerprint density at radius 3 is 2.80 bits per heavy atom. The normalized spacial score (nSPS) is 10.6. The predicted octanol–water partition coefficient (Wildman–Crippen LogP) is 2.70. The molecule has 2 nitrogen and oxygen atoms in total. The number of halogens is 2. The SMILES string of the molecule is CCO/C=C/C(=O)c1ccc(F)cc1F. The van der Waals surface area contributed by atoms with E-state index in [9.17, 15) is 13.6 Å². The second-order valence-electron chi connectivity index (χ2n) is 2.75. The average molecular weight is 212 g/mol. The number of benzene rings is 1. The Balaban J connectivity index is 2.82. The Bertz CT molecular complexity index is 386. The monoisotopic (exact) mass is 212 g/mol. The molecule has 1 aromatic carbocycles. The number of rotatable bonds is 4. The molecule has 0 amide bonds. The fraction of sp³-hybridized carbons (Fsp3) is 0.182. The van der Waals surface area contributed by atoms with Gasteiger partial charge in [-0.15, -0.1) is 0 Å². The van der Waals surface area contributed by atoms with Crippen LogP contribution in [0.25, 0.3) is 0 Å². The minimum atomic E-state index is -0.874. The number of ether oxygens (including phenoxy) is 1. The molecule has 0 fully saturated rings. The highest BCUT2D eigenvalue weighted by molar-refractivity contribution is 6.04. The molecule has 0 heterocycles. The molecule has 15 heavy (non-hydrogen) atoms. The first kappa shape index (κ1) is 11.4. The van der Waals surface area contributed by atoms with Crippen molar-refractivity contribution in [3.63, 3.8) is 0 Å². The van der Waals surface area contributed by atoms with Crippen LogP contribution in [-0.2, 0) is 4.74 Å². The highest BCUT2D eigenvalue weighted by atomic mass is 19.1. The van der Waals surface area contributed by atoms with Crippen LogP contribution in [0.2, 0.25) is 0 Å². The van der Waals surface area contributed by atoms with E-state index in [2.05, 4.69) is 0 Å². The molecule has 0 radical (unpaired) electrons. The third-order valence-corrected chi connectivity index (χ3v) is 1.68. The van der Waals surface area contributed by atoms with E-state index < -0.39 is 17.4 Å². The van der Waals surface area contributed by atoms with Crippen molar-refractivity contribution in [2.75, 3.05) is 6.61 Å². The molecule has 1 rings (SSSR count). The first-order valence-electron chi connectivity index (χ1n) is 4.42. The Kier molecular flexibility index (Phi) is 3.97. The quantitative estimate of drug-likeness (QED) is 0.435. The van der Waals surface area contributed by atoms with Crippen LogP contribution in [0.4, 0.5) is 8.78 Å². The van der Waals surface area contributed by atoms with Crippen LogP contribution in [0, 0.1) is 11.6 Å². The molecule has 0 saturated heterocycles. The minimum absolute atomic E-state index is 0.174. The molecular formula is C11H10F2O2. The van der Waals surface area contributed by atoms with Gasteiger partial charge in [0, 0.05) is 12.1 Å². The van der Waals surface area contributed by atoms with Gasteiger partial charge in [0.25, 0.3) is 0 Å². The van der Waals surface area contributed by atoms with Gasteiger partial charge in [0.1, 0.15) is 11.6 Å². The lowest BCUT2D eigenvalue weighted by Gasteiger charge is -1.98. The lowest BCUT2D eigenvalue weighted by Crippen LogP contribution is -1.99. The van der Waals surface area contributed by atoms with Gasteiger partial charge in [-0.25, -0.2) is 8.78 Å². The lowest BCUT2D eigenvalue weighted by molar-refractivity contribution is 0.103. The molecule has 0 bridgehead atoms. The summed E-state index contributed by atoms with van der Waals surface area (Å²) in [6.07, 6.45) is 2.28. The Morgan fingerprint density at radius 2 is 2.20 bits per heavy atom. The third-order valence-electron chi connectivity index (χ3n) is 1.68. The van der Waals surface area contributed by atoms with Crippen molar-refractivity contribution < 1.29 is 18.3 Å². The second kappa shape index (κ2) is 5.24. The van der Waals surface area contributed by atoms with Gasteiger partial charge in [0.2, 0.25) is 0 Å². The minimum Gasteiger partial charge on any atom is -0.501 e. The zero-order valence-electron chi connectivity index (χ0n) is 8.17. The van der Waals surface area contributed by atoms with Gasteiger partial charge in [-0.2, -0.15) is 0 Å². The lowest BCUT2D eigenvalue weighted by atomic mass is 10.1. The number of carbonyl (C=O) groups is 1. The van der Waals surface area contributed by atoms with Crippen molar-refractivity contribution in [1.82, 2.24) is 0 Å². The fourth-order valence-corrected chi connectivity index (χ4v) is 0.985. The third kappa shape index (κ3) is 3.16. The molecule has 0 aliphatic heterocycles. The molecule has 0 spiro atoms. The van der Waals surface area contributed by atoms with Crippen LogP contribution in [-0.4, -0.2) is 12.4 Å². The van der Waals surface area contributed by atoms with E-state index in [-0.39, 0.29) is 5.56 Å². The molecular weight excluding hydrogens is 202 g/mol. The molecule has 4 heteroatoms. The summed E-state index contributed by atoms with van der Waals surface area (Å²) in [6.45, 7) is 2.18. The molecule has 0 saturated carbocycles. The van der Waals surface area contributed by atoms with Crippen molar-refractivity contribution >= 4 is 5.78 Å².